The van der Waals surface area contributed by atoms with Crippen molar-refractivity contribution in [2.45, 2.75) is 38.5 Å². The van der Waals surface area contributed by atoms with Crippen molar-refractivity contribution in [2.24, 2.45) is 11.8 Å². The Labute approximate surface area is 108 Å². The van der Waals surface area contributed by atoms with Gasteiger partial charge in [-0.15, -0.1) is 12.4 Å². The summed E-state index contributed by atoms with van der Waals surface area (Å²) in [6, 6.07) is 0. The zero-order valence-corrected chi connectivity index (χ0v) is 12.0. The van der Waals surface area contributed by atoms with E-state index < -0.39 is 0 Å². The highest BCUT2D eigenvalue weighted by atomic mass is 127. The first-order valence-corrected chi connectivity index (χ1v) is 6.96. The van der Waals surface area contributed by atoms with E-state index in [1.54, 1.807) is 0 Å². The molecule has 0 radical (unpaired) electrons. The summed E-state index contributed by atoms with van der Waals surface area (Å²) in [5.41, 5.74) is 0. The predicted molar refractivity (Wildman–Crippen MR) is 72.7 cm³/mol. The summed E-state index contributed by atoms with van der Waals surface area (Å²) < 4.78 is 6.47. The minimum atomic E-state index is 0. The zero-order chi connectivity index (χ0) is 9.52. The molecular formula is C11H22ClIO. The van der Waals surface area contributed by atoms with Gasteiger partial charge >= 0.3 is 0 Å². The first-order valence-electron chi connectivity index (χ1n) is 5.43. The van der Waals surface area contributed by atoms with Gasteiger partial charge in [0.25, 0.3) is 0 Å². The maximum atomic E-state index is 5.16. The van der Waals surface area contributed by atoms with Crippen molar-refractivity contribution in [1.82, 2.24) is 0 Å². The van der Waals surface area contributed by atoms with E-state index in [1.165, 1.54) is 43.0 Å². The van der Waals surface area contributed by atoms with Crippen LogP contribution in [0.3, 0.4) is 0 Å². The molecule has 14 heavy (non-hydrogen) atoms. The van der Waals surface area contributed by atoms with Gasteiger partial charge in [0, 0.05) is 18.1 Å². The van der Waals surface area contributed by atoms with Gasteiger partial charge < -0.3 is 4.74 Å². The lowest BCUT2D eigenvalue weighted by Gasteiger charge is -2.28. The third-order valence-electron chi connectivity index (χ3n) is 3.21. The van der Waals surface area contributed by atoms with E-state index in [-0.39, 0.29) is 12.4 Å². The number of ether oxygens (including phenoxy) is 1. The summed E-state index contributed by atoms with van der Waals surface area (Å²) in [6.07, 6.45) is 8.60. The Bertz CT molecular complexity index is 126. The van der Waals surface area contributed by atoms with Gasteiger partial charge in [-0.1, -0.05) is 54.7 Å². The van der Waals surface area contributed by atoms with Crippen LogP contribution in [-0.4, -0.2) is 18.1 Å². The van der Waals surface area contributed by atoms with Crippen molar-refractivity contribution in [1.29, 1.82) is 0 Å². The van der Waals surface area contributed by atoms with E-state index in [0.717, 1.165) is 18.4 Å². The van der Waals surface area contributed by atoms with Gasteiger partial charge in [0.05, 0.1) is 0 Å². The molecule has 1 fully saturated rings. The number of alkyl halides is 1. The second-order valence-electron chi connectivity index (χ2n) is 4.09. The summed E-state index contributed by atoms with van der Waals surface area (Å²) in [4.78, 5) is 0. The van der Waals surface area contributed by atoms with Gasteiger partial charge in [0.15, 0.2) is 0 Å². The number of hydrogen-bond donors (Lipinski definition) is 0. The average Bonchev–Trinajstić information content (AvgIpc) is 2.21. The van der Waals surface area contributed by atoms with Crippen LogP contribution < -0.4 is 0 Å². The molecule has 1 saturated carbocycles. The minimum Gasteiger partial charge on any atom is -0.385 e. The summed E-state index contributed by atoms with van der Waals surface area (Å²) in [7, 11) is 1.81. The maximum Gasteiger partial charge on any atom is 0.0465 e. The van der Waals surface area contributed by atoms with Crippen molar-refractivity contribution in [3.63, 3.8) is 0 Å². The van der Waals surface area contributed by atoms with Crippen molar-refractivity contribution in [2.75, 3.05) is 18.1 Å². The Morgan fingerprint density at radius 1 is 1.29 bits per heavy atom. The molecule has 0 amide bonds. The third-order valence-corrected chi connectivity index (χ3v) is 4.34. The van der Waals surface area contributed by atoms with Gasteiger partial charge in [-0.25, -0.2) is 0 Å². The number of rotatable bonds is 5. The van der Waals surface area contributed by atoms with Gasteiger partial charge in [-0.05, 0) is 18.3 Å². The van der Waals surface area contributed by atoms with Gasteiger partial charge in [0.1, 0.15) is 0 Å². The Morgan fingerprint density at radius 2 is 1.93 bits per heavy atom. The molecule has 1 aliphatic carbocycles. The van der Waals surface area contributed by atoms with E-state index in [1.807, 2.05) is 7.11 Å². The molecule has 1 aliphatic rings. The zero-order valence-electron chi connectivity index (χ0n) is 9.01. The molecule has 1 unspecified atom stereocenters. The predicted octanol–water partition coefficient (Wildman–Crippen LogP) is 4.08. The van der Waals surface area contributed by atoms with E-state index in [0.29, 0.717) is 0 Å². The highest BCUT2D eigenvalue weighted by Gasteiger charge is 2.22. The monoisotopic (exact) mass is 332 g/mol. The van der Waals surface area contributed by atoms with Crippen LogP contribution in [0.15, 0.2) is 0 Å². The Balaban J connectivity index is 0.00000169. The fraction of sp³-hybridized carbons (Fsp3) is 1.00. The summed E-state index contributed by atoms with van der Waals surface area (Å²) in [5, 5.41) is 0. The topological polar surface area (TPSA) is 9.23 Å². The molecule has 1 atom stereocenters. The molecule has 0 N–H and O–H groups in total. The average molecular weight is 333 g/mol. The highest BCUT2D eigenvalue weighted by Crippen LogP contribution is 2.32. The number of halogens is 2. The van der Waals surface area contributed by atoms with E-state index in [9.17, 15) is 0 Å². The number of methoxy groups -OCH3 is 1. The minimum absolute atomic E-state index is 0. The lowest BCUT2D eigenvalue weighted by atomic mass is 9.80. The molecule has 0 heterocycles. The lowest BCUT2D eigenvalue weighted by Crippen LogP contribution is -2.20. The van der Waals surface area contributed by atoms with Crippen LogP contribution in [0.5, 0.6) is 0 Å². The molecule has 0 aromatic rings. The van der Waals surface area contributed by atoms with Crippen molar-refractivity contribution in [3.05, 3.63) is 0 Å². The van der Waals surface area contributed by atoms with Crippen molar-refractivity contribution >= 4 is 35.0 Å². The Kier molecular flexibility index (Phi) is 9.87. The Morgan fingerprint density at radius 3 is 2.43 bits per heavy atom. The molecule has 86 valence electrons. The number of hydrogen-bond acceptors (Lipinski definition) is 1. The van der Waals surface area contributed by atoms with Crippen LogP contribution >= 0.6 is 35.0 Å². The molecular weight excluding hydrogens is 310 g/mol. The second kappa shape index (κ2) is 9.22. The second-order valence-corrected chi connectivity index (χ2v) is 4.97. The molecule has 0 spiro atoms. The molecule has 0 aromatic carbocycles. The van der Waals surface area contributed by atoms with Crippen LogP contribution in [0.4, 0.5) is 0 Å². The van der Waals surface area contributed by atoms with Gasteiger partial charge in [0.2, 0.25) is 0 Å². The van der Waals surface area contributed by atoms with Crippen LogP contribution in [0.2, 0.25) is 0 Å². The van der Waals surface area contributed by atoms with Crippen LogP contribution in [-0.2, 0) is 4.74 Å². The highest BCUT2D eigenvalue weighted by molar-refractivity contribution is 14.1. The molecule has 0 saturated heterocycles. The molecule has 3 heteroatoms. The fourth-order valence-electron chi connectivity index (χ4n) is 2.31. The van der Waals surface area contributed by atoms with Crippen LogP contribution in [0.1, 0.15) is 38.5 Å². The summed E-state index contributed by atoms with van der Waals surface area (Å²) >= 11 is 2.54. The van der Waals surface area contributed by atoms with Crippen molar-refractivity contribution < 1.29 is 4.74 Å². The van der Waals surface area contributed by atoms with E-state index >= 15 is 0 Å². The SMILES string of the molecule is COCCC(CI)C1CCCCC1.Cl. The van der Waals surface area contributed by atoms with Gasteiger partial charge in [-0.3, -0.25) is 0 Å². The summed E-state index contributed by atoms with van der Waals surface area (Å²) in [6.45, 7) is 0.949. The van der Waals surface area contributed by atoms with E-state index in [2.05, 4.69) is 22.6 Å². The smallest absolute Gasteiger partial charge is 0.0465 e. The first-order chi connectivity index (χ1) is 6.38. The molecule has 0 aliphatic heterocycles. The van der Waals surface area contributed by atoms with Crippen LogP contribution in [0, 0.1) is 11.8 Å². The normalized spacial score (nSPS) is 20.1. The standard InChI is InChI=1S/C11H21IO.ClH/c1-13-8-7-11(9-12)10-5-3-2-4-6-10;/h10-11H,2-9H2,1H3;1H. The van der Waals surface area contributed by atoms with Gasteiger partial charge in [-0.2, -0.15) is 0 Å². The van der Waals surface area contributed by atoms with E-state index in [4.69, 9.17) is 4.74 Å². The maximum absolute atomic E-state index is 5.16. The molecule has 0 aromatic heterocycles. The largest absolute Gasteiger partial charge is 0.385 e. The quantitative estimate of drug-likeness (QED) is 0.544. The third kappa shape index (κ3) is 5.17. The lowest BCUT2D eigenvalue weighted by molar-refractivity contribution is 0.156. The first kappa shape index (κ1) is 15.0. The van der Waals surface area contributed by atoms with Crippen LogP contribution in [0.25, 0.3) is 0 Å². The van der Waals surface area contributed by atoms with Crippen molar-refractivity contribution in [3.8, 4) is 0 Å². The molecule has 1 rings (SSSR count). The summed E-state index contributed by atoms with van der Waals surface area (Å²) in [5.74, 6) is 1.92. The molecule has 0 bridgehead atoms. The Hall–Kier alpha value is 0.980. The fourth-order valence-corrected chi connectivity index (χ4v) is 3.47. The molecule has 1 nitrogen and oxygen atoms in total.